The number of unbranched alkanes of at least 4 members (excludes halogenated alkanes) is 3. The number of hydrogen-bond donors (Lipinski definition) is 2. The highest BCUT2D eigenvalue weighted by Crippen LogP contribution is 1.97. The maximum atomic E-state index is 8.60. The van der Waals surface area contributed by atoms with Gasteiger partial charge in [-0.25, -0.2) is 0 Å². The van der Waals surface area contributed by atoms with Crippen LogP contribution in [0.1, 0.15) is 44.9 Å². The monoisotopic (exact) mass is 291 g/mol. The summed E-state index contributed by atoms with van der Waals surface area (Å²) >= 11 is 0. The van der Waals surface area contributed by atoms with E-state index in [1.165, 1.54) is 0 Å². The second kappa shape index (κ2) is 18.8. The van der Waals surface area contributed by atoms with Crippen LogP contribution in [0.3, 0.4) is 0 Å². The van der Waals surface area contributed by atoms with E-state index in [1.807, 2.05) is 0 Å². The summed E-state index contributed by atoms with van der Waals surface area (Å²) in [4.78, 5) is 0. The summed E-state index contributed by atoms with van der Waals surface area (Å²) in [5.41, 5.74) is 5.37. The Bertz CT molecular complexity index is 152. The van der Waals surface area contributed by atoms with E-state index in [1.54, 1.807) is 0 Å². The third-order valence-corrected chi connectivity index (χ3v) is 2.84. The normalized spacial score (nSPS) is 11.1. The molecule has 0 spiro atoms. The topological polar surface area (TPSA) is 73.9 Å². The van der Waals surface area contributed by atoms with E-state index in [-0.39, 0.29) is 6.61 Å². The molecule has 0 aliphatic carbocycles. The molecule has 0 unspecified atom stereocenters. The molecule has 5 heteroatoms. The van der Waals surface area contributed by atoms with Gasteiger partial charge in [0.15, 0.2) is 0 Å². The number of aliphatic hydroxyl groups is 1. The molecule has 0 heterocycles. The number of nitrogens with two attached hydrogens (primary N) is 1. The molecule has 0 saturated carbocycles. The Hall–Kier alpha value is -0.200. The molecule has 3 N–H and O–H groups in total. The molecule has 0 aromatic rings. The lowest BCUT2D eigenvalue weighted by molar-refractivity contribution is 0.0888. The van der Waals surface area contributed by atoms with Gasteiger partial charge in [-0.1, -0.05) is 0 Å². The van der Waals surface area contributed by atoms with Crippen LogP contribution in [-0.2, 0) is 14.2 Å². The molecule has 20 heavy (non-hydrogen) atoms. The van der Waals surface area contributed by atoms with Crippen molar-refractivity contribution in [1.29, 1.82) is 0 Å². The van der Waals surface area contributed by atoms with E-state index >= 15 is 0 Å². The molecule has 0 amide bonds. The van der Waals surface area contributed by atoms with Gasteiger partial charge in [0.2, 0.25) is 0 Å². The van der Waals surface area contributed by atoms with Crippen molar-refractivity contribution in [2.24, 2.45) is 5.73 Å². The standard InChI is InChI=1S/C15H33NO4/c16-8-7-15-20-14-6-5-13-19-12-4-3-11-18-10-2-1-9-17/h17H,1-16H2. The van der Waals surface area contributed by atoms with Crippen LogP contribution < -0.4 is 5.73 Å². The zero-order valence-corrected chi connectivity index (χ0v) is 12.9. The molecule has 0 radical (unpaired) electrons. The van der Waals surface area contributed by atoms with Crippen molar-refractivity contribution in [2.75, 3.05) is 52.8 Å². The molecule has 0 fully saturated rings. The van der Waals surface area contributed by atoms with Crippen LogP contribution in [0.15, 0.2) is 0 Å². The van der Waals surface area contributed by atoms with Crippen LogP contribution in [0, 0.1) is 0 Å². The quantitative estimate of drug-likeness (QED) is 0.399. The van der Waals surface area contributed by atoms with E-state index in [9.17, 15) is 0 Å². The van der Waals surface area contributed by atoms with E-state index in [2.05, 4.69) is 0 Å². The van der Waals surface area contributed by atoms with Gasteiger partial charge in [0.1, 0.15) is 0 Å². The molecular weight excluding hydrogens is 258 g/mol. The Kier molecular flexibility index (Phi) is 18.6. The Morgan fingerprint density at radius 1 is 0.550 bits per heavy atom. The van der Waals surface area contributed by atoms with Crippen LogP contribution in [0.2, 0.25) is 0 Å². The van der Waals surface area contributed by atoms with E-state index in [0.717, 1.165) is 84.6 Å². The van der Waals surface area contributed by atoms with Gasteiger partial charge in [-0.3, -0.25) is 0 Å². The van der Waals surface area contributed by atoms with Gasteiger partial charge in [-0.15, -0.1) is 0 Å². The Morgan fingerprint density at radius 2 is 0.900 bits per heavy atom. The molecule has 0 atom stereocenters. The van der Waals surface area contributed by atoms with Crippen molar-refractivity contribution in [3.8, 4) is 0 Å². The molecule has 122 valence electrons. The second-order valence-corrected chi connectivity index (χ2v) is 4.82. The molecule has 0 aliphatic rings. The zero-order chi connectivity index (χ0) is 14.7. The van der Waals surface area contributed by atoms with Gasteiger partial charge in [0, 0.05) is 46.2 Å². The summed E-state index contributed by atoms with van der Waals surface area (Å²) in [5, 5.41) is 8.60. The summed E-state index contributed by atoms with van der Waals surface area (Å²) in [6.45, 7) is 5.73. The first-order valence-electron chi connectivity index (χ1n) is 7.96. The Morgan fingerprint density at radius 3 is 1.25 bits per heavy atom. The lowest BCUT2D eigenvalue weighted by atomic mass is 10.3. The second-order valence-electron chi connectivity index (χ2n) is 4.82. The van der Waals surface area contributed by atoms with Gasteiger partial charge in [-0.05, 0) is 51.5 Å². The van der Waals surface area contributed by atoms with Crippen molar-refractivity contribution in [2.45, 2.75) is 44.9 Å². The predicted molar refractivity (Wildman–Crippen MR) is 80.9 cm³/mol. The molecule has 5 nitrogen and oxygen atoms in total. The predicted octanol–water partition coefficient (Wildman–Crippen LogP) is 1.72. The molecule has 0 aromatic carbocycles. The van der Waals surface area contributed by atoms with Crippen molar-refractivity contribution < 1.29 is 19.3 Å². The molecule has 0 saturated heterocycles. The molecule has 0 bridgehead atoms. The average Bonchev–Trinajstić information content (AvgIpc) is 2.47. The number of rotatable bonds is 17. The first-order chi connectivity index (χ1) is 9.91. The smallest absolute Gasteiger partial charge is 0.0478 e. The Balaban J connectivity index is 2.89. The van der Waals surface area contributed by atoms with E-state index in [0.29, 0.717) is 6.54 Å². The third-order valence-electron chi connectivity index (χ3n) is 2.84. The van der Waals surface area contributed by atoms with Gasteiger partial charge in [-0.2, -0.15) is 0 Å². The lowest BCUT2D eigenvalue weighted by Gasteiger charge is -2.06. The van der Waals surface area contributed by atoms with Crippen molar-refractivity contribution in [3.05, 3.63) is 0 Å². The highest BCUT2D eigenvalue weighted by atomic mass is 16.5. The van der Waals surface area contributed by atoms with Crippen molar-refractivity contribution >= 4 is 0 Å². The molecule has 0 aliphatic heterocycles. The summed E-state index contributed by atoms with van der Waals surface area (Å²) in [6.07, 6.45) is 6.92. The average molecular weight is 291 g/mol. The van der Waals surface area contributed by atoms with Crippen LogP contribution in [0.25, 0.3) is 0 Å². The maximum Gasteiger partial charge on any atom is 0.0478 e. The number of aliphatic hydroxyl groups excluding tert-OH is 1. The maximum absolute atomic E-state index is 8.60. The third kappa shape index (κ3) is 17.8. The van der Waals surface area contributed by atoms with Gasteiger partial charge < -0.3 is 25.1 Å². The van der Waals surface area contributed by atoms with Gasteiger partial charge >= 0.3 is 0 Å². The SMILES string of the molecule is NCCCOCCCCOCCCCOCCCCO. The number of hydrogen-bond acceptors (Lipinski definition) is 5. The minimum absolute atomic E-state index is 0.259. The first kappa shape index (κ1) is 19.8. The molecule has 0 rings (SSSR count). The largest absolute Gasteiger partial charge is 0.396 e. The molecular formula is C15H33NO4. The zero-order valence-electron chi connectivity index (χ0n) is 12.9. The van der Waals surface area contributed by atoms with Crippen molar-refractivity contribution in [1.82, 2.24) is 0 Å². The molecule has 0 aromatic heterocycles. The van der Waals surface area contributed by atoms with Crippen LogP contribution >= 0.6 is 0 Å². The van der Waals surface area contributed by atoms with Gasteiger partial charge in [0.05, 0.1) is 0 Å². The highest BCUT2D eigenvalue weighted by Gasteiger charge is 1.93. The van der Waals surface area contributed by atoms with Gasteiger partial charge in [0.25, 0.3) is 0 Å². The van der Waals surface area contributed by atoms with Crippen LogP contribution in [0.4, 0.5) is 0 Å². The number of ether oxygens (including phenoxy) is 3. The van der Waals surface area contributed by atoms with E-state index < -0.39 is 0 Å². The van der Waals surface area contributed by atoms with Crippen LogP contribution in [0.5, 0.6) is 0 Å². The fourth-order valence-electron chi connectivity index (χ4n) is 1.62. The first-order valence-corrected chi connectivity index (χ1v) is 7.96. The summed E-state index contributed by atoms with van der Waals surface area (Å²) in [7, 11) is 0. The van der Waals surface area contributed by atoms with Crippen LogP contribution in [-0.4, -0.2) is 57.9 Å². The summed E-state index contributed by atoms with van der Waals surface area (Å²) in [6, 6.07) is 0. The summed E-state index contributed by atoms with van der Waals surface area (Å²) in [5.74, 6) is 0. The highest BCUT2D eigenvalue weighted by molar-refractivity contribution is 4.43. The van der Waals surface area contributed by atoms with E-state index in [4.69, 9.17) is 25.1 Å². The summed E-state index contributed by atoms with van der Waals surface area (Å²) < 4.78 is 16.4. The lowest BCUT2D eigenvalue weighted by Crippen LogP contribution is -2.06. The fourth-order valence-corrected chi connectivity index (χ4v) is 1.62. The minimum Gasteiger partial charge on any atom is -0.396 e. The minimum atomic E-state index is 0.259. The Labute approximate surface area is 123 Å². The van der Waals surface area contributed by atoms with Crippen molar-refractivity contribution in [3.63, 3.8) is 0 Å². The fraction of sp³-hybridized carbons (Fsp3) is 1.00.